The Kier molecular flexibility index (Phi) is 6.19. The average Bonchev–Trinajstić information content (AvgIpc) is 2.45. The van der Waals surface area contributed by atoms with Gasteiger partial charge in [0.15, 0.2) is 9.84 Å². The number of hydrogen-bond donors (Lipinski definition) is 1. The number of amides is 1. The van der Waals surface area contributed by atoms with Gasteiger partial charge in [0.25, 0.3) is 0 Å². The van der Waals surface area contributed by atoms with Crippen LogP contribution in [0.4, 0.5) is 0 Å². The number of carbonyl (C=O) groups is 1. The molecule has 0 saturated heterocycles. The third-order valence-corrected chi connectivity index (χ3v) is 4.67. The SMILES string of the molecule is CCS(=O)(=O)CCNC(=O)[C@H](CC#N)c1ccccc1. The summed E-state index contributed by atoms with van der Waals surface area (Å²) in [6.45, 7) is 1.64. The quantitative estimate of drug-likeness (QED) is 0.819. The molecule has 0 saturated carbocycles. The third-order valence-electron chi connectivity index (χ3n) is 2.97. The molecule has 6 heteroatoms. The van der Waals surface area contributed by atoms with E-state index >= 15 is 0 Å². The van der Waals surface area contributed by atoms with Crippen molar-refractivity contribution in [2.24, 2.45) is 0 Å². The van der Waals surface area contributed by atoms with Gasteiger partial charge in [0.1, 0.15) is 0 Å². The highest BCUT2D eigenvalue weighted by Gasteiger charge is 2.20. The van der Waals surface area contributed by atoms with Crippen LogP contribution in [0.5, 0.6) is 0 Å². The lowest BCUT2D eigenvalue weighted by atomic mass is 9.95. The van der Waals surface area contributed by atoms with E-state index in [4.69, 9.17) is 5.26 Å². The molecule has 0 spiro atoms. The van der Waals surface area contributed by atoms with E-state index in [0.29, 0.717) is 0 Å². The summed E-state index contributed by atoms with van der Waals surface area (Å²) in [5, 5.41) is 11.4. The van der Waals surface area contributed by atoms with E-state index in [-0.39, 0.29) is 30.4 Å². The second-order valence-electron chi connectivity index (χ2n) is 4.35. The Labute approximate surface area is 119 Å². The van der Waals surface area contributed by atoms with Gasteiger partial charge in [0.05, 0.1) is 24.2 Å². The fraction of sp³-hybridized carbons (Fsp3) is 0.429. The van der Waals surface area contributed by atoms with E-state index in [0.717, 1.165) is 5.56 Å². The summed E-state index contributed by atoms with van der Waals surface area (Å²) in [4.78, 5) is 12.1. The van der Waals surface area contributed by atoms with Crippen LogP contribution in [0.3, 0.4) is 0 Å². The number of sulfone groups is 1. The number of nitrogens with one attached hydrogen (secondary N) is 1. The van der Waals surface area contributed by atoms with Crippen LogP contribution in [-0.2, 0) is 14.6 Å². The molecule has 20 heavy (non-hydrogen) atoms. The van der Waals surface area contributed by atoms with Crippen LogP contribution in [0.15, 0.2) is 30.3 Å². The van der Waals surface area contributed by atoms with Crippen LogP contribution < -0.4 is 5.32 Å². The zero-order valence-electron chi connectivity index (χ0n) is 11.4. The predicted molar refractivity (Wildman–Crippen MR) is 76.8 cm³/mol. The van der Waals surface area contributed by atoms with E-state index < -0.39 is 15.8 Å². The topological polar surface area (TPSA) is 87.0 Å². The van der Waals surface area contributed by atoms with Gasteiger partial charge in [-0.25, -0.2) is 8.42 Å². The summed E-state index contributed by atoms with van der Waals surface area (Å²) >= 11 is 0. The lowest BCUT2D eigenvalue weighted by Gasteiger charge is -2.14. The number of hydrogen-bond acceptors (Lipinski definition) is 4. The minimum absolute atomic E-state index is 0.0587. The molecule has 0 aliphatic rings. The van der Waals surface area contributed by atoms with E-state index in [1.54, 1.807) is 31.2 Å². The van der Waals surface area contributed by atoms with Crippen molar-refractivity contribution in [3.05, 3.63) is 35.9 Å². The van der Waals surface area contributed by atoms with E-state index in [1.807, 2.05) is 12.1 Å². The van der Waals surface area contributed by atoms with E-state index in [1.165, 1.54) is 0 Å². The van der Waals surface area contributed by atoms with Crippen LogP contribution in [0.1, 0.15) is 24.8 Å². The molecule has 0 aromatic heterocycles. The molecule has 0 bridgehead atoms. The van der Waals surface area contributed by atoms with Gasteiger partial charge >= 0.3 is 0 Å². The molecule has 0 fully saturated rings. The van der Waals surface area contributed by atoms with E-state index in [2.05, 4.69) is 5.32 Å². The maximum atomic E-state index is 12.1. The van der Waals surface area contributed by atoms with Crippen molar-refractivity contribution in [2.45, 2.75) is 19.3 Å². The Hall–Kier alpha value is -1.87. The van der Waals surface area contributed by atoms with Crippen LogP contribution in [0.2, 0.25) is 0 Å². The van der Waals surface area contributed by atoms with Gasteiger partial charge in [-0.1, -0.05) is 37.3 Å². The highest BCUT2D eigenvalue weighted by atomic mass is 32.2. The van der Waals surface area contributed by atoms with Gasteiger partial charge in [-0.05, 0) is 5.56 Å². The fourth-order valence-corrected chi connectivity index (χ4v) is 2.44. The summed E-state index contributed by atoms with van der Waals surface area (Å²) in [5.41, 5.74) is 0.755. The Morgan fingerprint density at radius 1 is 1.35 bits per heavy atom. The predicted octanol–water partition coefficient (Wildman–Crippen LogP) is 1.23. The first-order valence-corrected chi connectivity index (χ1v) is 8.22. The number of rotatable bonds is 7. The molecule has 1 aromatic rings. The maximum absolute atomic E-state index is 12.1. The highest BCUT2D eigenvalue weighted by Crippen LogP contribution is 2.18. The highest BCUT2D eigenvalue weighted by molar-refractivity contribution is 7.91. The molecule has 0 aliphatic heterocycles. The van der Waals surface area contributed by atoms with Crippen molar-refractivity contribution in [1.29, 1.82) is 5.26 Å². The first kappa shape index (κ1) is 16.2. The second-order valence-corrected chi connectivity index (χ2v) is 6.83. The number of carbonyl (C=O) groups excluding carboxylic acids is 1. The molecule has 1 amide bonds. The van der Waals surface area contributed by atoms with Crippen molar-refractivity contribution >= 4 is 15.7 Å². The monoisotopic (exact) mass is 294 g/mol. The summed E-state index contributed by atoms with van der Waals surface area (Å²) in [6.07, 6.45) is 0.0658. The van der Waals surface area contributed by atoms with Gasteiger partial charge in [-0.3, -0.25) is 4.79 Å². The van der Waals surface area contributed by atoms with Gasteiger partial charge in [-0.2, -0.15) is 5.26 Å². The molecular formula is C14H18N2O3S. The zero-order valence-corrected chi connectivity index (χ0v) is 12.2. The Bertz CT molecular complexity index is 576. The van der Waals surface area contributed by atoms with Crippen molar-refractivity contribution in [1.82, 2.24) is 5.32 Å². The molecular weight excluding hydrogens is 276 g/mol. The molecule has 0 radical (unpaired) electrons. The second kappa shape index (κ2) is 7.65. The lowest BCUT2D eigenvalue weighted by Crippen LogP contribution is -2.33. The van der Waals surface area contributed by atoms with Crippen molar-refractivity contribution < 1.29 is 13.2 Å². The first-order valence-electron chi connectivity index (χ1n) is 6.40. The standard InChI is InChI=1S/C14H18N2O3S/c1-2-20(18,19)11-10-16-14(17)13(8-9-15)12-6-4-3-5-7-12/h3-7,13H,2,8,10-11H2,1H3,(H,16,17)/t13-/m1/s1. The first-order chi connectivity index (χ1) is 9.50. The number of nitriles is 1. The Morgan fingerprint density at radius 2 is 2.00 bits per heavy atom. The van der Waals surface area contributed by atoms with Gasteiger partial charge < -0.3 is 5.32 Å². The van der Waals surface area contributed by atoms with Crippen LogP contribution in [-0.4, -0.2) is 32.4 Å². The number of benzene rings is 1. The normalized spacial score (nSPS) is 12.4. The molecule has 0 heterocycles. The number of nitrogens with zero attached hydrogens (tertiary/aromatic N) is 1. The molecule has 1 rings (SSSR count). The van der Waals surface area contributed by atoms with Crippen LogP contribution >= 0.6 is 0 Å². The Morgan fingerprint density at radius 3 is 2.55 bits per heavy atom. The fourth-order valence-electron chi connectivity index (χ4n) is 1.74. The summed E-state index contributed by atoms with van der Waals surface area (Å²) < 4.78 is 22.7. The summed E-state index contributed by atoms with van der Waals surface area (Å²) in [6, 6.07) is 11.0. The van der Waals surface area contributed by atoms with E-state index in [9.17, 15) is 13.2 Å². The minimum atomic E-state index is -3.10. The lowest BCUT2D eigenvalue weighted by molar-refractivity contribution is -0.122. The van der Waals surface area contributed by atoms with Crippen molar-refractivity contribution in [3.8, 4) is 6.07 Å². The molecule has 5 nitrogen and oxygen atoms in total. The third kappa shape index (κ3) is 5.02. The molecule has 1 atom stereocenters. The van der Waals surface area contributed by atoms with Crippen molar-refractivity contribution in [3.63, 3.8) is 0 Å². The average molecular weight is 294 g/mol. The minimum Gasteiger partial charge on any atom is -0.355 e. The molecule has 1 N–H and O–H groups in total. The zero-order chi connectivity index (χ0) is 15.0. The Balaban J connectivity index is 2.65. The summed E-state index contributed by atoms with van der Waals surface area (Å²) in [7, 11) is -3.10. The van der Waals surface area contributed by atoms with Crippen LogP contribution in [0.25, 0.3) is 0 Å². The van der Waals surface area contributed by atoms with Gasteiger partial charge in [-0.15, -0.1) is 0 Å². The largest absolute Gasteiger partial charge is 0.355 e. The molecule has 0 aliphatic carbocycles. The van der Waals surface area contributed by atoms with Gasteiger partial charge in [0.2, 0.25) is 5.91 Å². The smallest absolute Gasteiger partial charge is 0.228 e. The maximum Gasteiger partial charge on any atom is 0.228 e. The summed E-state index contributed by atoms with van der Waals surface area (Å²) in [5.74, 6) is -0.901. The molecule has 1 aromatic carbocycles. The van der Waals surface area contributed by atoms with Crippen molar-refractivity contribution in [2.75, 3.05) is 18.1 Å². The van der Waals surface area contributed by atoms with Gasteiger partial charge in [0, 0.05) is 12.3 Å². The van der Waals surface area contributed by atoms with Crippen LogP contribution in [0, 0.1) is 11.3 Å². The molecule has 0 unspecified atom stereocenters. The molecule has 108 valence electrons.